The lowest BCUT2D eigenvalue weighted by Gasteiger charge is -2.23. The minimum atomic E-state index is -0.895. The Bertz CT molecular complexity index is 891. The van der Waals surface area contributed by atoms with Crippen LogP contribution in [0.25, 0.3) is 10.8 Å². The minimum absolute atomic E-state index is 0.647. The maximum absolute atomic E-state index is 6.09. The highest BCUT2D eigenvalue weighted by molar-refractivity contribution is 9.10. The van der Waals surface area contributed by atoms with Crippen molar-refractivity contribution in [3.8, 4) is 11.5 Å². The van der Waals surface area contributed by atoms with Gasteiger partial charge in [-0.2, -0.15) is 0 Å². The van der Waals surface area contributed by atoms with Crippen molar-refractivity contribution in [1.29, 1.82) is 0 Å². The molecule has 0 amide bonds. The van der Waals surface area contributed by atoms with Gasteiger partial charge in [0.05, 0.1) is 0 Å². The van der Waals surface area contributed by atoms with Crippen molar-refractivity contribution in [1.82, 2.24) is 0 Å². The van der Waals surface area contributed by atoms with Crippen molar-refractivity contribution in [2.24, 2.45) is 0 Å². The maximum Gasteiger partial charge on any atom is 0.275 e. The van der Waals surface area contributed by atoms with Gasteiger partial charge < -0.3 is 15.2 Å². The zero-order valence-corrected chi connectivity index (χ0v) is 14.6. The Balaban J connectivity index is 1.81. The van der Waals surface area contributed by atoms with Gasteiger partial charge in [0.15, 0.2) is 11.5 Å². The van der Waals surface area contributed by atoms with Crippen molar-refractivity contribution in [2.75, 3.05) is 5.73 Å². The van der Waals surface area contributed by atoms with Crippen LogP contribution in [-0.4, -0.2) is 0 Å². The van der Waals surface area contributed by atoms with E-state index in [1.54, 1.807) is 0 Å². The summed E-state index contributed by atoms with van der Waals surface area (Å²) in [5.41, 5.74) is 7.51. The van der Waals surface area contributed by atoms with Crippen LogP contribution in [0.15, 0.2) is 53.0 Å². The molecule has 4 rings (SSSR count). The van der Waals surface area contributed by atoms with Crippen LogP contribution >= 0.6 is 27.5 Å². The SMILES string of the molecule is CC1(c2cccc(Cl)c2)Oc2cc3cc(N)c(Br)cc3cc2O1. The van der Waals surface area contributed by atoms with Crippen LogP contribution in [0.2, 0.25) is 5.02 Å². The van der Waals surface area contributed by atoms with Gasteiger partial charge in [-0.25, -0.2) is 0 Å². The van der Waals surface area contributed by atoms with Gasteiger partial charge in [-0.15, -0.1) is 0 Å². The van der Waals surface area contributed by atoms with E-state index in [2.05, 4.69) is 15.9 Å². The molecule has 2 N–H and O–H groups in total. The molecular weight excluding hydrogens is 378 g/mol. The quantitative estimate of drug-likeness (QED) is 0.559. The molecule has 0 spiro atoms. The van der Waals surface area contributed by atoms with Gasteiger partial charge in [0.1, 0.15) is 0 Å². The van der Waals surface area contributed by atoms with E-state index in [4.69, 9.17) is 26.8 Å². The smallest absolute Gasteiger partial charge is 0.275 e. The number of anilines is 1. The van der Waals surface area contributed by atoms with Crippen molar-refractivity contribution >= 4 is 44.0 Å². The molecule has 23 heavy (non-hydrogen) atoms. The normalized spacial score (nSPS) is 19.3. The zero-order valence-electron chi connectivity index (χ0n) is 12.3. The molecule has 0 saturated heterocycles. The van der Waals surface area contributed by atoms with Crippen LogP contribution < -0.4 is 15.2 Å². The Labute approximate surface area is 147 Å². The van der Waals surface area contributed by atoms with Gasteiger partial charge in [0.2, 0.25) is 0 Å². The molecule has 0 aromatic heterocycles. The third-order valence-electron chi connectivity index (χ3n) is 3.98. The number of ether oxygens (including phenoxy) is 2. The van der Waals surface area contributed by atoms with Crippen LogP contribution in [-0.2, 0) is 5.79 Å². The van der Waals surface area contributed by atoms with Crippen LogP contribution in [0.3, 0.4) is 0 Å². The summed E-state index contributed by atoms with van der Waals surface area (Å²) in [4.78, 5) is 0. The number of fused-ring (bicyclic) bond motifs is 2. The zero-order chi connectivity index (χ0) is 16.2. The first kappa shape index (κ1) is 14.7. The second kappa shape index (κ2) is 5.05. The van der Waals surface area contributed by atoms with Crippen molar-refractivity contribution in [2.45, 2.75) is 12.7 Å². The van der Waals surface area contributed by atoms with Gasteiger partial charge in [0.25, 0.3) is 5.79 Å². The van der Waals surface area contributed by atoms with Crippen molar-refractivity contribution in [3.63, 3.8) is 0 Å². The predicted octanol–water partition coefficient (Wildman–Crippen LogP) is 5.48. The molecule has 5 heteroatoms. The molecule has 1 atom stereocenters. The average Bonchev–Trinajstić information content (AvgIpc) is 2.83. The minimum Gasteiger partial charge on any atom is -0.445 e. The molecule has 1 heterocycles. The van der Waals surface area contributed by atoms with E-state index in [0.717, 1.165) is 20.8 Å². The van der Waals surface area contributed by atoms with E-state index in [1.807, 2.05) is 55.5 Å². The Morgan fingerprint density at radius 2 is 1.65 bits per heavy atom. The summed E-state index contributed by atoms with van der Waals surface area (Å²) in [6.45, 7) is 1.88. The molecule has 1 aliphatic heterocycles. The first-order chi connectivity index (χ1) is 10.9. The highest BCUT2D eigenvalue weighted by Gasteiger charge is 2.39. The number of benzene rings is 3. The number of rotatable bonds is 1. The Morgan fingerprint density at radius 1 is 1.00 bits per heavy atom. The van der Waals surface area contributed by atoms with E-state index in [1.165, 1.54) is 0 Å². The number of hydrogen-bond acceptors (Lipinski definition) is 3. The maximum atomic E-state index is 6.09. The number of nitrogen functional groups attached to an aromatic ring is 1. The molecule has 1 aliphatic rings. The van der Waals surface area contributed by atoms with E-state index in [-0.39, 0.29) is 0 Å². The first-order valence-corrected chi connectivity index (χ1v) is 8.28. The van der Waals surface area contributed by atoms with Crippen LogP contribution in [0.1, 0.15) is 12.5 Å². The van der Waals surface area contributed by atoms with Crippen LogP contribution in [0.4, 0.5) is 5.69 Å². The molecule has 116 valence electrons. The van der Waals surface area contributed by atoms with Gasteiger partial charge in [-0.05, 0) is 63.1 Å². The van der Waals surface area contributed by atoms with E-state index in [9.17, 15) is 0 Å². The van der Waals surface area contributed by atoms with E-state index < -0.39 is 5.79 Å². The summed E-state index contributed by atoms with van der Waals surface area (Å²) >= 11 is 9.54. The molecule has 0 saturated carbocycles. The van der Waals surface area contributed by atoms with Crippen LogP contribution in [0.5, 0.6) is 11.5 Å². The van der Waals surface area contributed by atoms with Gasteiger partial charge in [-0.1, -0.05) is 23.7 Å². The molecule has 0 bridgehead atoms. The molecule has 1 unspecified atom stereocenters. The summed E-state index contributed by atoms with van der Waals surface area (Å²) in [6.07, 6.45) is 0. The summed E-state index contributed by atoms with van der Waals surface area (Å²) in [5, 5.41) is 2.68. The fourth-order valence-electron chi connectivity index (χ4n) is 2.79. The lowest BCUT2D eigenvalue weighted by Crippen LogP contribution is -2.31. The third kappa shape index (κ3) is 2.42. The van der Waals surface area contributed by atoms with Gasteiger partial charge in [-0.3, -0.25) is 0 Å². The molecule has 3 aromatic carbocycles. The largest absolute Gasteiger partial charge is 0.445 e. The van der Waals surface area contributed by atoms with E-state index in [0.29, 0.717) is 22.2 Å². The summed E-state index contributed by atoms with van der Waals surface area (Å²) < 4.78 is 13.0. The third-order valence-corrected chi connectivity index (χ3v) is 4.90. The highest BCUT2D eigenvalue weighted by Crippen LogP contribution is 2.46. The molecule has 0 radical (unpaired) electrons. The second-order valence-corrected chi connectivity index (χ2v) is 6.97. The fraction of sp³-hybridized carbons (Fsp3) is 0.111. The molecule has 3 aromatic rings. The average molecular weight is 391 g/mol. The molecule has 3 nitrogen and oxygen atoms in total. The summed E-state index contributed by atoms with van der Waals surface area (Å²) in [5.74, 6) is 0.506. The lowest BCUT2D eigenvalue weighted by molar-refractivity contribution is -0.0679. The molecular formula is C18H13BrClNO2. The lowest BCUT2D eigenvalue weighted by atomic mass is 10.1. The Kier molecular flexibility index (Phi) is 3.22. The monoisotopic (exact) mass is 389 g/mol. The fourth-order valence-corrected chi connectivity index (χ4v) is 3.34. The van der Waals surface area contributed by atoms with Gasteiger partial charge >= 0.3 is 0 Å². The topological polar surface area (TPSA) is 44.5 Å². The Hall–Kier alpha value is -1.91. The number of nitrogens with two attached hydrogens (primary N) is 1. The first-order valence-electron chi connectivity index (χ1n) is 7.11. The summed E-state index contributed by atoms with van der Waals surface area (Å²) in [7, 11) is 0. The van der Waals surface area contributed by atoms with Gasteiger partial charge in [0, 0.05) is 27.7 Å². The Morgan fingerprint density at radius 3 is 2.30 bits per heavy atom. The molecule has 0 aliphatic carbocycles. The standard InChI is InChI=1S/C18H13BrClNO2/c1-18(12-3-2-4-13(20)9-12)22-16-7-10-5-14(19)15(21)6-11(10)8-17(16)23-18/h2-9H,21H2,1H3. The summed E-state index contributed by atoms with van der Waals surface area (Å²) in [6, 6.07) is 15.3. The molecule has 0 fully saturated rings. The van der Waals surface area contributed by atoms with E-state index >= 15 is 0 Å². The van der Waals surface area contributed by atoms with Crippen LogP contribution in [0, 0.1) is 0 Å². The number of halogens is 2. The predicted molar refractivity (Wildman–Crippen MR) is 96.1 cm³/mol. The van der Waals surface area contributed by atoms with Crippen molar-refractivity contribution < 1.29 is 9.47 Å². The second-order valence-electron chi connectivity index (χ2n) is 5.68. The van der Waals surface area contributed by atoms with Crippen molar-refractivity contribution in [3.05, 3.63) is 63.6 Å². The number of hydrogen-bond donors (Lipinski definition) is 1. The highest BCUT2D eigenvalue weighted by atomic mass is 79.9.